The highest BCUT2D eigenvalue weighted by Gasteiger charge is 2.38. The summed E-state index contributed by atoms with van der Waals surface area (Å²) in [6.45, 7) is 1.51. The molecular weight excluding hydrogens is 283 g/mol. The Morgan fingerprint density at radius 3 is 2.21 bits per heavy atom. The molecule has 0 bridgehead atoms. The average molecular weight is 294 g/mol. The fraction of sp³-hybridized carbons (Fsp3) is 0.333. The predicted molar refractivity (Wildman–Crippen MR) is 64.1 cm³/mol. The molecule has 0 saturated heterocycles. The van der Waals surface area contributed by atoms with Gasteiger partial charge in [-0.1, -0.05) is 19.1 Å². The van der Waals surface area contributed by atoms with E-state index in [1.165, 1.54) is 12.1 Å². The van der Waals surface area contributed by atoms with Gasteiger partial charge in [0.2, 0.25) is 0 Å². The molecule has 0 heterocycles. The molecule has 1 aromatic carbocycles. The lowest BCUT2D eigenvalue weighted by Crippen LogP contribution is -2.38. The molecule has 104 valence electrons. The molecule has 7 heteroatoms. The summed E-state index contributed by atoms with van der Waals surface area (Å²) in [7, 11) is 0. The van der Waals surface area contributed by atoms with Crippen LogP contribution in [-0.4, -0.2) is 23.9 Å². The highest BCUT2D eigenvalue weighted by atomic mass is 35.5. The van der Waals surface area contributed by atoms with Gasteiger partial charge in [0.1, 0.15) is 0 Å². The number of carbonyl (C=O) groups excluding carboxylic acids is 2. The second-order valence-electron chi connectivity index (χ2n) is 4.00. The maximum Gasteiger partial charge on any atom is 0.471 e. The third kappa shape index (κ3) is 4.55. The SMILES string of the molecule is C[C@H](CNC(=O)C(F)(F)F)c1ccc(C(=O)Cl)cc1. The van der Waals surface area contributed by atoms with E-state index in [0.717, 1.165) is 0 Å². The minimum atomic E-state index is -4.88. The molecule has 0 radical (unpaired) electrons. The van der Waals surface area contributed by atoms with E-state index in [2.05, 4.69) is 0 Å². The zero-order chi connectivity index (χ0) is 14.6. The van der Waals surface area contributed by atoms with Crippen molar-refractivity contribution in [3.8, 4) is 0 Å². The minimum absolute atomic E-state index is 0.146. The third-order valence-electron chi connectivity index (χ3n) is 2.53. The zero-order valence-electron chi connectivity index (χ0n) is 9.92. The average Bonchev–Trinajstić information content (AvgIpc) is 2.34. The summed E-state index contributed by atoms with van der Waals surface area (Å²) in [6.07, 6.45) is -4.88. The van der Waals surface area contributed by atoms with Crippen LogP contribution >= 0.6 is 11.6 Å². The number of hydrogen-bond donors (Lipinski definition) is 1. The molecule has 1 rings (SSSR count). The van der Waals surface area contributed by atoms with Crippen molar-refractivity contribution in [1.29, 1.82) is 0 Å². The lowest BCUT2D eigenvalue weighted by Gasteiger charge is -2.14. The van der Waals surface area contributed by atoms with Gasteiger partial charge in [-0.25, -0.2) is 0 Å². The van der Waals surface area contributed by atoms with Gasteiger partial charge in [-0.2, -0.15) is 13.2 Å². The summed E-state index contributed by atoms with van der Waals surface area (Å²) in [6, 6.07) is 6.12. The lowest BCUT2D eigenvalue weighted by molar-refractivity contribution is -0.173. The molecule has 0 unspecified atom stereocenters. The molecule has 3 nitrogen and oxygen atoms in total. The number of alkyl halides is 3. The number of hydrogen-bond acceptors (Lipinski definition) is 2. The van der Waals surface area contributed by atoms with Crippen molar-refractivity contribution in [3.63, 3.8) is 0 Å². The number of carbonyl (C=O) groups is 2. The van der Waals surface area contributed by atoms with Gasteiger partial charge in [-0.3, -0.25) is 9.59 Å². The Morgan fingerprint density at radius 1 is 1.26 bits per heavy atom. The van der Waals surface area contributed by atoms with E-state index in [0.29, 0.717) is 11.1 Å². The fourth-order valence-corrected chi connectivity index (χ4v) is 1.53. The van der Waals surface area contributed by atoms with Gasteiger partial charge in [0.05, 0.1) is 0 Å². The molecule has 0 aliphatic carbocycles. The second-order valence-corrected chi connectivity index (χ2v) is 4.35. The first-order valence-electron chi connectivity index (χ1n) is 5.36. The smallest absolute Gasteiger partial charge is 0.348 e. The molecule has 19 heavy (non-hydrogen) atoms. The minimum Gasteiger partial charge on any atom is -0.348 e. The first kappa shape index (κ1) is 15.5. The number of nitrogens with one attached hydrogen (secondary N) is 1. The van der Waals surface area contributed by atoms with Gasteiger partial charge in [0, 0.05) is 12.1 Å². The molecule has 1 amide bonds. The number of amides is 1. The van der Waals surface area contributed by atoms with E-state index >= 15 is 0 Å². The molecule has 0 spiro atoms. The van der Waals surface area contributed by atoms with Crippen LogP contribution in [0.2, 0.25) is 0 Å². The third-order valence-corrected chi connectivity index (χ3v) is 2.75. The first-order valence-corrected chi connectivity index (χ1v) is 5.74. The van der Waals surface area contributed by atoms with E-state index in [1.807, 2.05) is 0 Å². The largest absolute Gasteiger partial charge is 0.471 e. The van der Waals surface area contributed by atoms with Gasteiger partial charge in [0.15, 0.2) is 0 Å². The van der Waals surface area contributed by atoms with E-state index < -0.39 is 17.3 Å². The summed E-state index contributed by atoms with van der Waals surface area (Å²) >= 11 is 5.27. The van der Waals surface area contributed by atoms with Crippen molar-refractivity contribution >= 4 is 22.8 Å². The van der Waals surface area contributed by atoms with Crippen molar-refractivity contribution in [2.75, 3.05) is 6.54 Å². The van der Waals surface area contributed by atoms with Gasteiger partial charge in [-0.15, -0.1) is 0 Å². The molecule has 1 aromatic rings. The van der Waals surface area contributed by atoms with E-state index in [-0.39, 0.29) is 12.5 Å². The Hall–Kier alpha value is -1.56. The fourth-order valence-electron chi connectivity index (χ4n) is 1.41. The van der Waals surface area contributed by atoms with E-state index in [4.69, 9.17) is 11.6 Å². The number of halogens is 4. The second kappa shape index (κ2) is 6.06. The van der Waals surface area contributed by atoms with Gasteiger partial charge in [0.25, 0.3) is 5.24 Å². The van der Waals surface area contributed by atoms with Crippen LogP contribution in [0.5, 0.6) is 0 Å². The normalized spacial score (nSPS) is 12.9. The number of benzene rings is 1. The molecule has 1 N–H and O–H groups in total. The van der Waals surface area contributed by atoms with Crippen LogP contribution in [0.3, 0.4) is 0 Å². The van der Waals surface area contributed by atoms with Crippen LogP contribution in [0.4, 0.5) is 13.2 Å². The molecule has 0 aliphatic rings. The summed E-state index contributed by atoms with van der Waals surface area (Å²) < 4.78 is 35.9. The van der Waals surface area contributed by atoms with Gasteiger partial charge >= 0.3 is 12.1 Å². The van der Waals surface area contributed by atoms with Crippen LogP contribution in [0.15, 0.2) is 24.3 Å². The maximum absolute atomic E-state index is 12.0. The van der Waals surface area contributed by atoms with E-state index in [9.17, 15) is 22.8 Å². The van der Waals surface area contributed by atoms with Crippen molar-refractivity contribution in [2.45, 2.75) is 19.0 Å². The lowest BCUT2D eigenvalue weighted by atomic mass is 10.00. The van der Waals surface area contributed by atoms with Crippen LogP contribution in [-0.2, 0) is 4.79 Å². The van der Waals surface area contributed by atoms with Crippen molar-refractivity contribution < 1.29 is 22.8 Å². The predicted octanol–water partition coefficient (Wildman–Crippen LogP) is 2.85. The van der Waals surface area contributed by atoms with Crippen molar-refractivity contribution in [3.05, 3.63) is 35.4 Å². The molecule has 0 aromatic heterocycles. The summed E-state index contributed by atoms with van der Waals surface area (Å²) in [5.74, 6) is -2.28. The van der Waals surface area contributed by atoms with Gasteiger partial charge in [-0.05, 0) is 35.2 Å². The topological polar surface area (TPSA) is 46.2 Å². The van der Waals surface area contributed by atoms with Crippen LogP contribution < -0.4 is 5.32 Å². The summed E-state index contributed by atoms with van der Waals surface area (Å²) in [5, 5.41) is 1.19. The van der Waals surface area contributed by atoms with Crippen molar-refractivity contribution in [2.24, 2.45) is 0 Å². The molecule has 0 fully saturated rings. The Morgan fingerprint density at radius 2 is 1.79 bits per heavy atom. The highest BCUT2D eigenvalue weighted by Crippen LogP contribution is 2.18. The summed E-state index contributed by atoms with van der Waals surface area (Å²) in [5.41, 5.74) is 1.00. The highest BCUT2D eigenvalue weighted by molar-refractivity contribution is 6.67. The summed E-state index contributed by atoms with van der Waals surface area (Å²) in [4.78, 5) is 21.5. The quantitative estimate of drug-likeness (QED) is 0.868. The molecule has 0 aliphatic heterocycles. The standard InChI is InChI=1S/C12H11ClF3NO2/c1-7(6-17-11(19)12(14,15)16)8-2-4-9(5-3-8)10(13)18/h2-5,7H,6H2,1H3,(H,17,19)/t7-/m1/s1. The van der Waals surface area contributed by atoms with E-state index in [1.54, 1.807) is 24.4 Å². The Kier molecular flexibility index (Phi) is 4.94. The van der Waals surface area contributed by atoms with Gasteiger partial charge < -0.3 is 5.32 Å². The zero-order valence-corrected chi connectivity index (χ0v) is 10.7. The first-order chi connectivity index (χ1) is 8.71. The molecule has 1 atom stereocenters. The molecule has 0 saturated carbocycles. The Balaban J connectivity index is 2.61. The van der Waals surface area contributed by atoms with Crippen molar-refractivity contribution in [1.82, 2.24) is 5.32 Å². The maximum atomic E-state index is 12.0. The number of rotatable bonds is 4. The Bertz CT molecular complexity index is 471. The monoisotopic (exact) mass is 293 g/mol. The molecular formula is C12H11ClF3NO2. The van der Waals surface area contributed by atoms with Crippen LogP contribution in [0.25, 0.3) is 0 Å². The van der Waals surface area contributed by atoms with Crippen LogP contribution in [0, 0.1) is 0 Å². The van der Waals surface area contributed by atoms with Crippen LogP contribution in [0.1, 0.15) is 28.8 Å². The Labute approximate surface area is 112 Å².